The van der Waals surface area contributed by atoms with E-state index in [0.29, 0.717) is 0 Å². The third-order valence-corrected chi connectivity index (χ3v) is 2.10. The lowest BCUT2D eigenvalue weighted by Gasteiger charge is -2.03. The maximum Gasteiger partial charge on any atom is 0.119 e. The van der Waals surface area contributed by atoms with Crippen LogP contribution in [0.25, 0.3) is 0 Å². The molecule has 0 aromatic heterocycles. The highest BCUT2D eigenvalue weighted by Crippen LogP contribution is 2.20. The van der Waals surface area contributed by atoms with Crippen LogP contribution in [0.3, 0.4) is 0 Å². The zero-order chi connectivity index (χ0) is 8.27. The molecule has 56 valence electrons. The van der Waals surface area contributed by atoms with Crippen molar-refractivity contribution < 1.29 is 0 Å². The van der Waals surface area contributed by atoms with Gasteiger partial charge in [0, 0.05) is 4.47 Å². The maximum absolute atomic E-state index is 8.52. The third kappa shape index (κ3) is 1.79. The molecule has 0 aliphatic rings. The first-order chi connectivity index (χ1) is 5.25. The molecule has 0 aliphatic heterocycles. The minimum atomic E-state index is -0.537. The summed E-state index contributed by atoms with van der Waals surface area (Å²) in [4.78, 5) is 0. The van der Waals surface area contributed by atoms with Gasteiger partial charge in [0.15, 0.2) is 0 Å². The quantitative estimate of drug-likeness (QED) is 0.771. The first-order valence-corrected chi connectivity index (χ1v) is 3.94. The lowest BCUT2D eigenvalue weighted by molar-refractivity contribution is 0.920. The van der Waals surface area contributed by atoms with Crippen molar-refractivity contribution in [2.45, 2.75) is 6.04 Å². The van der Waals surface area contributed by atoms with Crippen LogP contribution in [0.4, 0.5) is 0 Å². The Morgan fingerprint density at radius 3 is 2.64 bits per heavy atom. The average Bonchev–Trinajstić information content (AvgIpc) is 2.04. The molecule has 0 heterocycles. The van der Waals surface area contributed by atoms with E-state index >= 15 is 0 Å². The number of nitriles is 1. The van der Waals surface area contributed by atoms with Gasteiger partial charge in [-0.1, -0.05) is 34.1 Å². The van der Waals surface area contributed by atoms with Gasteiger partial charge in [-0.25, -0.2) is 0 Å². The fourth-order valence-electron chi connectivity index (χ4n) is 0.797. The van der Waals surface area contributed by atoms with E-state index < -0.39 is 6.04 Å². The fraction of sp³-hybridized carbons (Fsp3) is 0.125. The smallest absolute Gasteiger partial charge is 0.119 e. The molecular weight excluding hydrogens is 204 g/mol. The molecular formula is C8H7BrN2. The molecule has 0 radical (unpaired) electrons. The molecule has 0 fully saturated rings. The van der Waals surface area contributed by atoms with Gasteiger partial charge in [0.05, 0.1) is 6.07 Å². The van der Waals surface area contributed by atoms with E-state index in [1.165, 1.54) is 0 Å². The molecule has 11 heavy (non-hydrogen) atoms. The number of nitrogens with two attached hydrogens (primary N) is 1. The molecule has 0 unspecified atom stereocenters. The van der Waals surface area contributed by atoms with Crippen LogP contribution in [-0.2, 0) is 0 Å². The highest BCUT2D eigenvalue weighted by Gasteiger charge is 2.06. The van der Waals surface area contributed by atoms with Gasteiger partial charge in [0.25, 0.3) is 0 Å². The summed E-state index contributed by atoms with van der Waals surface area (Å²) in [5, 5.41) is 8.52. The highest BCUT2D eigenvalue weighted by atomic mass is 79.9. The van der Waals surface area contributed by atoms with Crippen LogP contribution in [0.2, 0.25) is 0 Å². The molecule has 1 aromatic carbocycles. The second kappa shape index (κ2) is 3.51. The molecule has 0 amide bonds. The number of nitrogens with zero attached hydrogens (tertiary/aromatic N) is 1. The summed E-state index contributed by atoms with van der Waals surface area (Å²) in [6.45, 7) is 0. The van der Waals surface area contributed by atoms with Gasteiger partial charge in [-0.3, -0.25) is 0 Å². The second-order valence-electron chi connectivity index (χ2n) is 2.13. The molecule has 0 bridgehead atoms. The fourth-order valence-corrected chi connectivity index (χ4v) is 1.33. The summed E-state index contributed by atoms with van der Waals surface area (Å²) >= 11 is 3.31. The van der Waals surface area contributed by atoms with Crippen LogP contribution in [0.5, 0.6) is 0 Å². The predicted molar refractivity (Wildman–Crippen MR) is 46.7 cm³/mol. The monoisotopic (exact) mass is 210 g/mol. The van der Waals surface area contributed by atoms with E-state index in [-0.39, 0.29) is 0 Å². The summed E-state index contributed by atoms with van der Waals surface area (Å²) < 4.78 is 0.883. The SMILES string of the molecule is N#C[C@@H](N)c1ccccc1Br. The van der Waals surface area contributed by atoms with Gasteiger partial charge >= 0.3 is 0 Å². The lowest BCUT2D eigenvalue weighted by atomic mass is 10.1. The Hall–Kier alpha value is -0.850. The molecule has 1 aromatic rings. The number of hydrogen-bond acceptors (Lipinski definition) is 2. The van der Waals surface area contributed by atoms with Crippen LogP contribution in [-0.4, -0.2) is 0 Å². The molecule has 0 saturated carbocycles. The molecule has 0 spiro atoms. The van der Waals surface area contributed by atoms with Crippen LogP contribution in [0, 0.1) is 11.3 Å². The molecule has 1 rings (SSSR count). The Kier molecular flexibility index (Phi) is 2.64. The van der Waals surface area contributed by atoms with E-state index in [1.807, 2.05) is 30.3 Å². The van der Waals surface area contributed by atoms with Gasteiger partial charge in [-0.05, 0) is 11.6 Å². The van der Waals surface area contributed by atoms with Crippen LogP contribution >= 0.6 is 15.9 Å². The van der Waals surface area contributed by atoms with E-state index in [4.69, 9.17) is 11.0 Å². The normalized spacial score (nSPS) is 12.1. The Bertz CT molecular complexity index is 290. The van der Waals surface area contributed by atoms with Crippen molar-refractivity contribution in [1.82, 2.24) is 0 Å². The standard InChI is InChI=1S/C8H7BrN2/c9-7-4-2-1-3-6(7)8(11)5-10/h1-4,8H,11H2/t8-/m1/s1. The van der Waals surface area contributed by atoms with E-state index in [0.717, 1.165) is 10.0 Å². The first-order valence-electron chi connectivity index (χ1n) is 3.15. The second-order valence-corrected chi connectivity index (χ2v) is 2.98. The summed E-state index contributed by atoms with van der Waals surface area (Å²) in [6, 6.07) is 8.88. The van der Waals surface area contributed by atoms with Crippen molar-refractivity contribution in [3.8, 4) is 6.07 Å². The zero-order valence-corrected chi connectivity index (χ0v) is 7.38. The van der Waals surface area contributed by atoms with Gasteiger partial charge in [0.1, 0.15) is 6.04 Å². The minimum absolute atomic E-state index is 0.537. The molecule has 2 N–H and O–H groups in total. The van der Waals surface area contributed by atoms with E-state index in [1.54, 1.807) is 0 Å². The zero-order valence-electron chi connectivity index (χ0n) is 5.79. The first kappa shape index (κ1) is 8.25. The van der Waals surface area contributed by atoms with Crippen LogP contribution in [0.15, 0.2) is 28.7 Å². The van der Waals surface area contributed by atoms with E-state index in [2.05, 4.69) is 15.9 Å². The number of rotatable bonds is 1. The van der Waals surface area contributed by atoms with Crippen LogP contribution < -0.4 is 5.73 Å². The number of hydrogen-bond donors (Lipinski definition) is 1. The Labute approximate surface area is 73.8 Å². The molecule has 3 heteroatoms. The van der Waals surface area contributed by atoms with Crippen molar-refractivity contribution in [3.05, 3.63) is 34.3 Å². The molecule has 2 nitrogen and oxygen atoms in total. The van der Waals surface area contributed by atoms with Crippen LogP contribution in [0.1, 0.15) is 11.6 Å². The summed E-state index contributed by atoms with van der Waals surface area (Å²) in [6.07, 6.45) is 0. The Balaban J connectivity index is 3.05. The van der Waals surface area contributed by atoms with Gasteiger partial charge in [0.2, 0.25) is 0 Å². The number of benzene rings is 1. The summed E-state index contributed by atoms with van der Waals surface area (Å²) in [5.74, 6) is 0. The van der Waals surface area contributed by atoms with E-state index in [9.17, 15) is 0 Å². The van der Waals surface area contributed by atoms with Gasteiger partial charge in [-0.15, -0.1) is 0 Å². The highest BCUT2D eigenvalue weighted by molar-refractivity contribution is 9.10. The number of halogens is 1. The molecule has 1 atom stereocenters. The third-order valence-electron chi connectivity index (χ3n) is 1.38. The summed E-state index contributed by atoms with van der Waals surface area (Å²) in [5.41, 5.74) is 6.33. The lowest BCUT2D eigenvalue weighted by Crippen LogP contribution is -2.07. The Morgan fingerprint density at radius 1 is 1.45 bits per heavy atom. The van der Waals surface area contributed by atoms with Gasteiger partial charge < -0.3 is 5.73 Å². The summed E-state index contributed by atoms with van der Waals surface area (Å²) in [7, 11) is 0. The van der Waals surface area contributed by atoms with Crippen molar-refractivity contribution in [2.75, 3.05) is 0 Å². The average molecular weight is 211 g/mol. The maximum atomic E-state index is 8.52. The van der Waals surface area contributed by atoms with Gasteiger partial charge in [-0.2, -0.15) is 5.26 Å². The van der Waals surface area contributed by atoms with Crippen molar-refractivity contribution >= 4 is 15.9 Å². The molecule has 0 aliphatic carbocycles. The predicted octanol–water partition coefficient (Wildman–Crippen LogP) is 1.97. The van der Waals surface area contributed by atoms with Crippen molar-refractivity contribution in [3.63, 3.8) is 0 Å². The Morgan fingerprint density at radius 2 is 2.09 bits per heavy atom. The largest absolute Gasteiger partial charge is 0.312 e. The topological polar surface area (TPSA) is 49.8 Å². The molecule has 0 saturated heterocycles. The minimum Gasteiger partial charge on any atom is -0.312 e. The van der Waals surface area contributed by atoms with Crippen molar-refractivity contribution in [2.24, 2.45) is 5.73 Å². The van der Waals surface area contributed by atoms with Crippen molar-refractivity contribution in [1.29, 1.82) is 5.26 Å².